The quantitative estimate of drug-likeness (QED) is 0.791. The Hall–Kier alpha value is -2.40. The Labute approximate surface area is 123 Å². The van der Waals surface area contributed by atoms with Crippen LogP contribution in [0.1, 0.15) is 15.9 Å². The number of hydrogen-bond acceptors (Lipinski definition) is 4. The molecule has 0 aliphatic rings. The molecular weight excluding hydrogens is 268 g/mol. The Morgan fingerprint density at radius 2 is 2.05 bits per heavy atom. The number of methoxy groups -OCH3 is 1. The van der Waals surface area contributed by atoms with Crippen molar-refractivity contribution in [2.24, 2.45) is 0 Å². The van der Waals surface area contributed by atoms with Crippen molar-refractivity contribution in [2.45, 2.75) is 6.61 Å². The molecule has 0 spiro atoms. The standard InChI is InChI=1S/C16H18N2O3/c1-20-10-9-18-16(19)14-4-6-15(7-5-14)21-12-13-3-2-8-17-11-13/h2-8,11H,9-10,12H2,1H3,(H,18,19). The van der Waals surface area contributed by atoms with Gasteiger partial charge in [0.25, 0.3) is 5.91 Å². The molecule has 5 heteroatoms. The van der Waals surface area contributed by atoms with Crippen molar-refractivity contribution in [1.29, 1.82) is 0 Å². The minimum Gasteiger partial charge on any atom is -0.489 e. The third-order valence-electron chi connectivity index (χ3n) is 2.84. The third-order valence-corrected chi connectivity index (χ3v) is 2.84. The van der Waals surface area contributed by atoms with Crippen molar-refractivity contribution in [3.8, 4) is 5.75 Å². The van der Waals surface area contributed by atoms with Crippen LogP contribution in [0.25, 0.3) is 0 Å². The molecule has 5 nitrogen and oxygen atoms in total. The second kappa shape index (κ2) is 8.01. The number of carbonyl (C=O) groups is 1. The fourth-order valence-corrected chi connectivity index (χ4v) is 1.72. The average Bonchev–Trinajstić information content (AvgIpc) is 2.54. The van der Waals surface area contributed by atoms with E-state index in [1.54, 1.807) is 43.8 Å². The van der Waals surface area contributed by atoms with Gasteiger partial charge in [0.1, 0.15) is 12.4 Å². The molecule has 110 valence electrons. The molecule has 1 amide bonds. The van der Waals surface area contributed by atoms with Gasteiger partial charge in [-0.25, -0.2) is 0 Å². The summed E-state index contributed by atoms with van der Waals surface area (Å²) in [7, 11) is 1.60. The molecule has 0 radical (unpaired) electrons. The summed E-state index contributed by atoms with van der Waals surface area (Å²) < 4.78 is 10.5. The van der Waals surface area contributed by atoms with E-state index in [-0.39, 0.29) is 5.91 Å². The van der Waals surface area contributed by atoms with Crippen molar-refractivity contribution < 1.29 is 14.3 Å². The summed E-state index contributed by atoms with van der Waals surface area (Å²) in [5.74, 6) is 0.596. The van der Waals surface area contributed by atoms with Crippen LogP contribution in [0.3, 0.4) is 0 Å². The van der Waals surface area contributed by atoms with Gasteiger partial charge < -0.3 is 14.8 Å². The number of aromatic nitrogens is 1. The first-order chi connectivity index (χ1) is 10.3. The number of nitrogens with one attached hydrogen (secondary N) is 1. The van der Waals surface area contributed by atoms with E-state index in [2.05, 4.69) is 10.3 Å². The third kappa shape index (κ3) is 4.89. The summed E-state index contributed by atoms with van der Waals surface area (Å²) in [6, 6.07) is 10.8. The lowest BCUT2D eigenvalue weighted by Crippen LogP contribution is -2.26. The Morgan fingerprint density at radius 3 is 2.71 bits per heavy atom. The van der Waals surface area contributed by atoms with Crippen LogP contribution >= 0.6 is 0 Å². The summed E-state index contributed by atoms with van der Waals surface area (Å²) in [5, 5.41) is 2.76. The van der Waals surface area contributed by atoms with Crippen LogP contribution in [0.5, 0.6) is 5.75 Å². The lowest BCUT2D eigenvalue weighted by Gasteiger charge is -2.07. The van der Waals surface area contributed by atoms with Crippen LogP contribution in [0.15, 0.2) is 48.8 Å². The molecule has 0 saturated carbocycles. The van der Waals surface area contributed by atoms with E-state index in [0.29, 0.717) is 31.1 Å². The van der Waals surface area contributed by atoms with Gasteiger partial charge in [-0.1, -0.05) is 6.07 Å². The Morgan fingerprint density at radius 1 is 1.24 bits per heavy atom. The maximum absolute atomic E-state index is 11.8. The van der Waals surface area contributed by atoms with Crippen LogP contribution in [-0.4, -0.2) is 31.2 Å². The van der Waals surface area contributed by atoms with Gasteiger partial charge >= 0.3 is 0 Å². The fourth-order valence-electron chi connectivity index (χ4n) is 1.72. The molecule has 0 aliphatic carbocycles. The highest BCUT2D eigenvalue weighted by Gasteiger charge is 2.04. The van der Waals surface area contributed by atoms with Gasteiger partial charge in [-0.05, 0) is 30.3 Å². The number of pyridine rings is 1. The number of nitrogens with zero attached hydrogens (tertiary/aromatic N) is 1. The number of hydrogen-bond donors (Lipinski definition) is 1. The van der Waals surface area contributed by atoms with Crippen LogP contribution in [0, 0.1) is 0 Å². The van der Waals surface area contributed by atoms with Crippen LogP contribution in [-0.2, 0) is 11.3 Å². The van der Waals surface area contributed by atoms with Gasteiger partial charge in [-0.3, -0.25) is 9.78 Å². The van der Waals surface area contributed by atoms with Crippen molar-refractivity contribution in [3.05, 3.63) is 59.9 Å². The zero-order valence-electron chi connectivity index (χ0n) is 11.9. The number of ether oxygens (including phenoxy) is 2. The molecule has 0 atom stereocenters. The van der Waals surface area contributed by atoms with E-state index >= 15 is 0 Å². The van der Waals surface area contributed by atoms with Crippen molar-refractivity contribution in [2.75, 3.05) is 20.3 Å². The van der Waals surface area contributed by atoms with E-state index in [9.17, 15) is 4.79 Å². The normalized spacial score (nSPS) is 10.1. The topological polar surface area (TPSA) is 60.5 Å². The lowest BCUT2D eigenvalue weighted by molar-refractivity contribution is 0.0937. The Balaban J connectivity index is 1.85. The average molecular weight is 286 g/mol. The summed E-state index contributed by atoms with van der Waals surface area (Å²) in [4.78, 5) is 15.8. The largest absolute Gasteiger partial charge is 0.489 e. The van der Waals surface area contributed by atoms with Gasteiger partial charge in [0.2, 0.25) is 0 Å². The van der Waals surface area contributed by atoms with Crippen LogP contribution in [0.2, 0.25) is 0 Å². The zero-order chi connectivity index (χ0) is 14.9. The second-order valence-electron chi connectivity index (χ2n) is 4.42. The highest BCUT2D eigenvalue weighted by atomic mass is 16.5. The van der Waals surface area contributed by atoms with Crippen LogP contribution in [0.4, 0.5) is 0 Å². The van der Waals surface area contributed by atoms with Crippen LogP contribution < -0.4 is 10.1 Å². The molecule has 0 saturated heterocycles. The predicted octanol–water partition coefficient (Wildman–Crippen LogP) is 2.04. The number of rotatable bonds is 7. The molecule has 1 aromatic heterocycles. The van der Waals surface area contributed by atoms with Crippen molar-refractivity contribution >= 4 is 5.91 Å². The van der Waals surface area contributed by atoms with Crippen molar-refractivity contribution in [1.82, 2.24) is 10.3 Å². The first-order valence-electron chi connectivity index (χ1n) is 6.68. The fraction of sp³-hybridized carbons (Fsp3) is 0.250. The number of benzene rings is 1. The molecule has 21 heavy (non-hydrogen) atoms. The van der Waals surface area contributed by atoms with E-state index in [0.717, 1.165) is 5.56 Å². The van der Waals surface area contributed by atoms with Crippen molar-refractivity contribution in [3.63, 3.8) is 0 Å². The summed E-state index contributed by atoms with van der Waals surface area (Å²) in [5.41, 5.74) is 1.60. The first kappa shape index (κ1) is 15.0. The monoisotopic (exact) mass is 286 g/mol. The minimum atomic E-state index is -0.120. The Kier molecular flexibility index (Phi) is 5.72. The Bertz CT molecular complexity index is 555. The minimum absolute atomic E-state index is 0.120. The summed E-state index contributed by atoms with van der Waals surface area (Å²) in [6.45, 7) is 1.44. The SMILES string of the molecule is COCCNC(=O)c1ccc(OCc2cccnc2)cc1. The molecular formula is C16H18N2O3. The summed E-state index contributed by atoms with van der Waals surface area (Å²) >= 11 is 0. The highest BCUT2D eigenvalue weighted by Crippen LogP contribution is 2.14. The maximum atomic E-state index is 11.8. The van der Waals surface area contributed by atoms with Gasteiger partial charge in [-0.2, -0.15) is 0 Å². The highest BCUT2D eigenvalue weighted by molar-refractivity contribution is 5.94. The molecule has 0 aliphatic heterocycles. The molecule has 0 unspecified atom stereocenters. The number of amides is 1. The molecule has 2 rings (SSSR count). The molecule has 1 N–H and O–H groups in total. The van der Waals surface area contributed by atoms with E-state index in [1.165, 1.54) is 0 Å². The molecule has 1 heterocycles. The molecule has 1 aromatic carbocycles. The zero-order valence-corrected chi connectivity index (χ0v) is 11.9. The molecule has 2 aromatic rings. The molecule has 0 fully saturated rings. The first-order valence-corrected chi connectivity index (χ1v) is 6.68. The predicted molar refractivity (Wildman–Crippen MR) is 79.2 cm³/mol. The van der Waals surface area contributed by atoms with Gasteiger partial charge in [0.15, 0.2) is 0 Å². The number of carbonyl (C=O) groups excluding carboxylic acids is 1. The lowest BCUT2D eigenvalue weighted by atomic mass is 10.2. The van der Waals surface area contributed by atoms with Gasteiger partial charge in [0.05, 0.1) is 6.61 Å². The maximum Gasteiger partial charge on any atom is 0.251 e. The summed E-state index contributed by atoms with van der Waals surface area (Å²) in [6.07, 6.45) is 3.48. The van der Waals surface area contributed by atoms with Gasteiger partial charge in [-0.15, -0.1) is 0 Å². The van der Waals surface area contributed by atoms with Gasteiger partial charge in [0, 0.05) is 37.2 Å². The van der Waals surface area contributed by atoms with E-state index in [4.69, 9.17) is 9.47 Å². The smallest absolute Gasteiger partial charge is 0.251 e. The van der Waals surface area contributed by atoms with E-state index in [1.807, 2.05) is 12.1 Å². The molecule has 0 bridgehead atoms. The second-order valence-corrected chi connectivity index (χ2v) is 4.42. The van der Waals surface area contributed by atoms with E-state index < -0.39 is 0 Å².